The summed E-state index contributed by atoms with van der Waals surface area (Å²) in [6.45, 7) is 3.35. The number of fused-ring (bicyclic) bond motifs is 1. The summed E-state index contributed by atoms with van der Waals surface area (Å²) < 4.78 is 16.6. The van der Waals surface area contributed by atoms with E-state index in [4.69, 9.17) is 19.6 Å². The van der Waals surface area contributed by atoms with Gasteiger partial charge < -0.3 is 19.6 Å². The third-order valence-electron chi connectivity index (χ3n) is 4.01. The normalized spacial score (nSPS) is 10.7. The lowest BCUT2D eigenvalue weighted by Crippen LogP contribution is -2.23. The molecule has 0 saturated carbocycles. The molecule has 0 fully saturated rings. The molecule has 0 spiro atoms. The molecule has 0 bridgehead atoms. The zero-order valence-electron chi connectivity index (χ0n) is 14.8. The predicted octanol–water partition coefficient (Wildman–Crippen LogP) is 2.95. The van der Waals surface area contributed by atoms with E-state index in [2.05, 4.69) is 0 Å². The molecule has 134 valence electrons. The van der Waals surface area contributed by atoms with Gasteiger partial charge >= 0.3 is 0 Å². The molecule has 0 aliphatic carbocycles. The first-order chi connectivity index (χ1) is 12.4. The van der Waals surface area contributed by atoms with E-state index in [1.165, 1.54) is 0 Å². The van der Waals surface area contributed by atoms with E-state index in [9.17, 15) is 9.59 Å². The number of ether oxygens (including phenoxy) is 2. The van der Waals surface area contributed by atoms with Crippen molar-refractivity contribution in [2.24, 2.45) is 5.73 Å². The van der Waals surface area contributed by atoms with E-state index < -0.39 is 12.5 Å². The van der Waals surface area contributed by atoms with Crippen LogP contribution in [0.25, 0.3) is 22.3 Å². The van der Waals surface area contributed by atoms with Crippen molar-refractivity contribution in [3.8, 4) is 22.8 Å². The number of aryl methyl sites for hydroxylation is 2. The van der Waals surface area contributed by atoms with Crippen LogP contribution in [0.2, 0.25) is 0 Å². The Kier molecular flexibility index (Phi) is 4.67. The maximum Gasteiger partial charge on any atom is 0.255 e. The molecule has 6 heteroatoms. The van der Waals surface area contributed by atoms with Crippen molar-refractivity contribution in [2.45, 2.75) is 13.8 Å². The number of hydrogen-bond donors (Lipinski definition) is 1. The zero-order chi connectivity index (χ0) is 18.8. The van der Waals surface area contributed by atoms with Gasteiger partial charge in [0.2, 0.25) is 11.2 Å². The van der Waals surface area contributed by atoms with E-state index in [-0.39, 0.29) is 16.9 Å². The van der Waals surface area contributed by atoms with Crippen LogP contribution in [0.1, 0.15) is 11.1 Å². The second-order valence-corrected chi connectivity index (χ2v) is 6.03. The van der Waals surface area contributed by atoms with Crippen LogP contribution in [-0.4, -0.2) is 19.6 Å². The highest BCUT2D eigenvalue weighted by molar-refractivity contribution is 5.85. The predicted molar refractivity (Wildman–Crippen MR) is 98.6 cm³/mol. The average molecular weight is 353 g/mol. The van der Waals surface area contributed by atoms with Gasteiger partial charge in [-0.1, -0.05) is 6.07 Å². The summed E-state index contributed by atoms with van der Waals surface area (Å²) in [5.41, 5.74) is 7.67. The fourth-order valence-corrected chi connectivity index (χ4v) is 2.88. The topological polar surface area (TPSA) is 91.8 Å². The molecule has 0 aliphatic rings. The molecule has 2 N–H and O–H groups in total. The Bertz CT molecular complexity index is 1030. The minimum atomic E-state index is -0.675. The lowest BCUT2D eigenvalue weighted by Gasteiger charge is -2.12. The number of benzene rings is 2. The molecule has 3 aromatic rings. The van der Waals surface area contributed by atoms with Crippen molar-refractivity contribution < 1.29 is 18.7 Å². The Labute approximate surface area is 150 Å². The van der Waals surface area contributed by atoms with Gasteiger partial charge in [-0.15, -0.1) is 0 Å². The molecule has 2 aromatic carbocycles. The molecule has 0 unspecified atom stereocenters. The molecular weight excluding hydrogens is 334 g/mol. The maximum absolute atomic E-state index is 13.0. The highest BCUT2D eigenvalue weighted by Crippen LogP contribution is 2.33. The number of carbonyl (C=O) groups is 1. The van der Waals surface area contributed by atoms with E-state index in [0.717, 1.165) is 11.1 Å². The van der Waals surface area contributed by atoms with E-state index in [0.29, 0.717) is 22.3 Å². The summed E-state index contributed by atoms with van der Waals surface area (Å²) >= 11 is 0. The standard InChI is InChI=1S/C20H19NO5/c1-11-8-12(2)17-15(9-11)26-19(13-4-6-14(24-3)7-5-13)20(18(17)23)25-10-16(21)22/h4-9H,10H2,1-3H3,(H2,21,22). The molecule has 0 radical (unpaired) electrons. The Morgan fingerprint density at radius 3 is 2.46 bits per heavy atom. The lowest BCUT2D eigenvalue weighted by molar-refractivity contribution is -0.119. The summed E-state index contributed by atoms with van der Waals surface area (Å²) in [5, 5.41) is 0.423. The zero-order valence-corrected chi connectivity index (χ0v) is 14.8. The molecule has 1 amide bonds. The fourth-order valence-electron chi connectivity index (χ4n) is 2.88. The third kappa shape index (κ3) is 3.26. The summed E-state index contributed by atoms with van der Waals surface area (Å²) in [6.07, 6.45) is 0. The minimum Gasteiger partial charge on any atom is -0.497 e. The Hall–Kier alpha value is -3.28. The van der Waals surface area contributed by atoms with Crippen LogP contribution in [0.15, 0.2) is 45.6 Å². The maximum atomic E-state index is 13.0. The van der Waals surface area contributed by atoms with Crippen molar-refractivity contribution in [3.63, 3.8) is 0 Å². The molecule has 1 aromatic heterocycles. The summed E-state index contributed by atoms with van der Waals surface area (Å²) in [4.78, 5) is 24.2. The molecule has 6 nitrogen and oxygen atoms in total. The summed E-state index contributed by atoms with van der Waals surface area (Å²) in [6, 6.07) is 10.7. The quantitative estimate of drug-likeness (QED) is 0.761. The van der Waals surface area contributed by atoms with Gasteiger partial charge in [-0.25, -0.2) is 0 Å². The van der Waals surface area contributed by atoms with Crippen LogP contribution in [0.4, 0.5) is 0 Å². The first-order valence-electron chi connectivity index (χ1n) is 8.04. The monoisotopic (exact) mass is 353 g/mol. The number of rotatable bonds is 5. The van der Waals surface area contributed by atoms with Gasteiger partial charge in [0.05, 0.1) is 12.5 Å². The molecule has 0 saturated heterocycles. The lowest BCUT2D eigenvalue weighted by atomic mass is 10.0. The molecule has 26 heavy (non-hydrogen) atoms. The van der Waals surface area contributed by atoms with Crippen LogP contribution >= 0.6 is 0 Å². The van der Waals surface area contributed by atoms with Crippen LogP contribution < -0.4 is 20.6 Å². The largest absolute Gasteiger partial charge is 0.497 e. The number of methoxy groups -OCH3 is 1. The van der Waals surface area contributed by atoms with Gasteiger partial charge in [0.1, 0.15) is 11.3 Å². The van der Waals surface area contributed by atoms with Gasteiger partial charge in [-0.3, -0.25) is 9.59 Å². The second-order valence-electron chi connectivity index (χ2n) is 6.03. The average Bonchev–Trinajstić information content (AvgIpc) is 2.60. The van der Waals surface area contributed by atoms with Crippen molar-refractivity contribution >= 4 is 16.9 Å². The number of carbonyl (C=O) groups excluding carboxylic acids is 1. The van der Waals surface area contributed by atoms with Gasteiger partial charge in [-0.2, -0.15) is 0 Å². The number of primary amides is 1. The smallest absolute Gasteiger partial charge is 0.255 e. The number of nitrogens with two attached hydrogens (primary N) is 1. The van der Waals surface area contributed by atoms with Gasteiger partial charge in [0, 0.05) is 5.56 Å². The molecule has 1 heterocycles. The third-order valence-corrected chi connectivity index (χ3v) is 4.01. The molecular formula is C20H19NO5. The summed E-state index contributed by atoms with van der Waals surface area (Å²) in [5.74, 6) is 0.207. The van der Waals surface area contributed by atoms with Gasteiger partial charge in [0.25, 0.3) is 5.91 Å². The Morgan fingerprint density at radius 2 is 1.85 bits per heavy atom. The first kappa shape index (κ1) is 17.5. The second kappa shape index (κ2) is 6.92. The molecule has 0 aliphatic heterocycles. The van der Waals surface area contributed by atoms with Crippen LogP contribution in [0.3, 0.4) is 0 Å². The Morgan fingerprint density at radius 1 is 1.15 bits per heavy atom. The van der Waals surface area contributed by atoms with Gasteiger partial charge in [-0.05, 0) is 55.3 Å². The van der Waals surface area contributed by atoms with Gasteiger partial charge in [0.15, 0.2) is 12.4 Å². The summed E-state index contributed by atoms with van der Waals surface area (Å²) in [7, 11) is 1.57. The van der Waals surface area contributed by atoms with Crippen molar-refractivity contribution in [1.29, 1.82) is 0 Å². The highest BCUT2D eigenvalue weighted by atomic mass is 16.5. The fraction of sp³-hybridized carbons (Fsp3) is 0.200. The highest BCUT2D eigenvalue weighted by Gasteiger charge is 2.20. The Balaban J connectivity index is 2.28. The van der Waals surface area contributed by atoms with E-state index in [1.54, 1.807) is 37.4 Å². The van der Waals surface area contributed by atoms with E-state index in [1.807, 2.05) is 19.9 Å². The molecule has 3 rings (SSSR count). The number of hydrogen-bond acceptors (Lipinski definition) is 5. The SMILES string of the molecule is COc1ccc(-c2oc3cc(C)cc(C)c3c(=O)c2OCC(N)=O)cc1. The minimum absolute atomic E-state index is 0.0339. The van der Waals surface area contributed by atoms with E-state index >= 15 is 0 Å². The first-order valence-corrected chi connectivity index (χ1v) is 8.04. The van der Waals surface area contributed by atoms with Crippen molar-refractivity contribution in [2.75, 3.05) is 13.7 Å². The van der Waals surface area contributed by atoms with Crippen LogP contribution in [0.5, 0.6) is 11.5 Å². The number of amides is 1. The van der Waals surface area contributed by atoms with Crippen molar-refractivity contribution in [1.82, 2.24) is 0 Å². The van der Waals surface area contributed by atoms with Crippen LogP contribution in [-0.2, 0) is 4.79 Å². The van der Waals surface area contributed by atoms with Crippen LogP contribution in [0, 0.1) is 13.8 Å². The molecule has 0 atom stereocenters. The van der Waals surface area contributed by atoms with Crippen molar-refractivity contribution in [3.05, 3.63) is 57.7 Å².